The Bertz CT molecular complexity index is 887. The lowest BCUT2D eigenvalue weighted by Gasteiger charge is -2.18. The summed E-state index contributed by atoms with van der Waals surface area (Å²) in [6.45, 7) is -0.00952. The number of nitrogens with one attached hydrogen (secondary N) is 1. The first-order valence-corrected chi connectivity index (χ1v) is 9.09. The number of aromatic nitrogens is 1. The van der Waals surface area contributed by atoms with Crippen LogP contribution in [0.3, 0.4) is 0 Å². The minimum atomic E-state index is -1.18. The van der Waals surface area contributed by atoms with Crippen LogP contribution >= 0.6 is 22.9 Å². The van der Waals surface area contributed by atoms with Crippen molar-refractivity contribution in [1.29, 1.82) is 0 Å². The number of fused-ring (bicyclic) bond motifs is 1. The molecule has 0 saturated carbocycles. The Balaban J connectivity index is 1.51. The van der Waals surface area contributed by atoms with Crippen LogP contribution in [0, 0.1) is 0 Å². The number of carbonyl (C=O) groups excluding carboxylic acids is 1. The second kappa shape index (κ2) is 8.46. The van der Waals surface area contributed by atoms with Crippen LogP contribution in [-0.4, -0.2) is 33.9 Å². The quantitative estimate of drug-likeness (QED) is 0.598. The summed E-state index contributed by atoms with van der Waals surface area (Å²) in [6.07, 6.45) is -3.00. The highest BCUT2D eigenvalue weighted by atomic mass is 35.5. The van der Waals surface area contributed by atoms with Gasteiger partial charge in [-0.25, -0.2) is 9.78 Å². The maximum absolute atomic E-state index is 11.7. The summed E-state index contributed by atoms with van der Waals surface area (Å²) in [7, 11) is 0. The first kappa shape index (κ1) is 18.6. The number of thiazole rings is 1. The first-order valence-electron chi connectivity index (χ1n) is 7.89. The van der Waals surface area contributed by atoms with Crippen LogP contribution in [0.5, 0.6) is 0 Å². The van der Waals surface area contributed by atoms with Crippen LogP contribution < -0.4 is 5.32 Å². The number of ether oxygens (including phenoxy) is 1. The van der Waals surface area contributed by atoms with Gasteiger partial charge >= 0.3 is 6.09 Å². The fraction of sp³-hybridized carbons (Fsp3) is 0.222. The van der Waals surface area contributed by atoms with Gasteiger partial charge in [0, 0.05) is 6.54 Å². The molecule has 6 nitrogen and oxygen atoms in total. The molecule has 3 aromatic rings. The number of benzene rings is 2. The van der Waals surface area contributed by atoms with E-state index in [0.717, 1.165) is 15.8 Å². The molecule has 1 amide bonds. The smallest absolute Gasteiger partial charge is 0.407 e. The number of carbonyl (C=O) groups is 1. The van der Waals surface area contributed by atoms with Gasteiger partial charge in [-0.15, -0.1) is 11.3 Å². The van der Waals surface area contributed by atoms with E-state index in [1.54, 1.807) is 18.2 Å². The second-order valence-electron chi connectivity index (χ2n) is 5.65. The number of aliphatic hydroxyl groups excluding tert-OH is 2. The van der Waals surface area contributed by atoms with E-state index in [-0.39, 0.29) is 13.2 Å². The third kappa shape index (κ3) is 4.70. The van der Waals surface area contributed by atoms with E-state index in [0.29, 0.717) is 10.0 Å². The van der Waals surface area contributed by atoms with Crippen molar-refractivity contribution in [3.63, 3.8) is 0 Å². The zero-order valence-electron chi connectivity index (χ0n) is 13.6. The van der Waals surface area contributed by atoms with E-state index in [9.17, 15) is 15.0 Å². The van der Waals surface area contributed by atoms with Gasteiger partial charge in [0.05, 0.1) is 10.2 Å². The number of rotatable bonds is 6. The Morgan fingerprint density at radius 2 is 2.00 bits per heavy atom. The predicted molar refractivity (Wildman–Crippen MR) is 100 cm³/mol. The zero-order chi connectivity index (χ0) is 18.5. The number of nitrogens with zero attached hydrogens (tertiary/aromatic N) is 1. The molecule has 0 radical (unpaired) electrons. The molecule has 0 spiro atoms. The van der Waals surface area contributed by atoms with Gasteiger partial charge in [0.25, 0.3) is 0 Å². The second-order valence-corrected chi connectivity index (χ2v) is 7.26. The number of hydrogen-bond donors (Lipinski definition) is 3. The van der Waals surface area contributed by atoms with Crippen molar-refractivity contribution in [2.45, 2.75) is 18.8 Å². The molecule has 1 aromatic heterocycles. The van der Waals surface area contributed by atoms with Gasteiger partial charge in [-0.3, -0.25) is 0 Å². The van der Waals surface area contributed by atoms with Crippen molar-refractivity contribution >= 4 is 39.2 Å². The lowest BCUT2D eigenvalue weighted by molar-refractivity contribution is 0.0185. The highest BCUT2D eigenvalue weighted by Gasteiger charge is 2.20. The molecule has 26 heavy (non-hydrogen) atoms. The SMILES string of the molecule is O=C(NCC(O)C(O)c1ccc2nc(Cl)sc2c1)OCc1ccccc1. The van der Waals surface area contributed by atoms with Gasteiger partial charge in [-0.2, -0.15) is 0 Å². The molecule has 2 aromatic carbocycles. The number of aliphatic hydroxyl groups is 2. The average molecular weight is 393 g/mol. The van der Waals surface area contributed by atoms with Crippen molar-refractivity contribution in [2.75, 3.05) is 6.54 Å². The molecule has 1 heterocycles. The Labute approximate surface area is 159 Å². The van der Waals surface area contributed by atoms with Crippen molar-refractivity contribution in [3.8, 4) is 0 Å². The van der Waals surface area contributed by atoms with Gasteiger partial charge in [-0.1, -0.05) is 48.0 Å². The molecule has 0 aliphatic carbocycles. The zero-order valence-corrected chi connectivity index (χ0v) is 15.2. The highest BCUT2D eigenvalue weighted by Crippen LogP contribution is 2.29. The van der Waals surface area contributed by atoms with Gasteiger partial charge in [0.2, 0.25) is 0 Å². The van der Waals surface area contributed by atoms with Crippen molar-refractivity contribution < 1.29 is 19.7 Å². The van der Waals surface area contributed by atoms with Gasteiger partial charge in [0.15, 0.2) is 4.47 Å². The molecule has 136 valence electrons. The molecule has 3 N–H and O–H groups in total. The fourth-order valence-corrected chi connectivity index (χ4v) is 3.47. The lowest BCUT2D eigenvalue weighted by Crippen LogP contribution is -2.35. The Hall–Kier alpha value is -2.19. The molecule has 0 aliphatic rings. The van der Waals surface area contributed by atoms with Crippen molar-refractivity contribution in [1.82, 2.24) is 10.3 Å². The molecule has 0 fully saturated rings. The van der Waals surface area contributed by atoms with Crippen molar-refractivity contribution in [2.24, 2.45) is 0 Å². The van der Waals surface area contributed by atoms with E-state index in [1.807, 2.05) is 30.3 Å². The van der Waals surface area contributed by atoms with Gasteiger partial charge in [-0.05, 0) is 23.3 Å². The number of hydrogen-bond acceptors (Lipinski definition) is 6. The molecule has 0 aliphatic heterocycles. The highest BCUT2D eigenvalue weighted by molar-refractivity contribution is 7.22. The van der Waals surface area contributed by atoms with E-state index in [1.165, 1.54) is 11.3 Å². The summed E-state index contributed by atoms with van der Waals surface area (Å²) < 4.78 is 6.29. The predicted octanol–water partition coefficient (Wildman–Crippen LogP) is 3.27. The molecular formula is C18H17ClN2O4S. The van der Waals surface area contributed by atoms with E-state index in [4.69, 9.17) is 16.3 Å². The van der Waals surface area contributed by atoms with E-state index >= 15 is 0 Å². The molecule has 3 rings (SSSR count). The standard InChI is InChI=1S/C18H17ClN2O4S/c19-17-21-13-7-6-12(8-15(13)26-17)16(23)14(22)9-20-18(24)25-10-11-4-2-1-3-5-11/h1-8,14,16,22-23H,9-10H2,(H,20,24). The summed E-state index contributed by atoms with van der Waals surface area (Å²) in [5.74, 6) is 0. The van der Waals surface area contributed by atoms with Gasteiger partial charge in [0.1, 0.15) is 18.8 Å². The minimum absolute atomic E-state index is 0.133. The van der Waals surface area contributed by atoms with Crippen LogP contribution in [0.4, 0.5) is 4.79 Å². The Kier molecular flexibility index (Phi) is 6.05. The number of amides is 1. The topological polar surface area (TPSA) is 91.7 Å². The lowest BCUT2D eigenvalue weighted by atomic mass is 10.0. The largest absolute Gasteiger partial charge is 0.445 e. The third-order valence-corrected chi connectivity index (χ3v) is 4.88. The molecule has 2 atom stereocenters. The van der Waals surface area contributed by atoms with Crippen LogP contribution in [0.2, 0.25) is 4.47 Å². The van der Waals surface area contributed by atoms with Crippen LogP contribution in [-0.2, 0) is 11.3 Å². The molecule has 0 bridgehead atoms. The van der Waals surface area contributed by atoms with Gasteiger partial charge < -0.3 is 20.3 Å². The third-order valence-electron chi connectivity index (χ3n) is 3.76. The summed E-state index contributed by atoms with van der Waals surface area (Å²) in [4.78, 5) is 15.8. The normalized spacial score (nSPS) is 13.3. The van der Waals surface area contributed by atoms with E-state index in [2.05, 4.69) is 10.3 Å². The van der Waals surface area contributed by atoms with Crippen LogP contribution in [0.25, 0.3) is 10.2 Å². The molecule has 8 heteroatoms. The minimum Gasteiger partial charge on any atom is -0.445 e. The maximum atomic E-state index is 11.7. The maximum Gasteiger partial charge on any atom is 0.407 e. The summed E-state index contributed by atoms with van der Waals surface area (Å²) in [5.41, 5.74) is 2.11. The Morgan fingerprint density at radius 3 is 2.77 bits per heavy atom. The average Bonchev–Trinajstić information content (AvgIpc) is 3.03. The van der Waals surface area contributed by atoms with Crippen molar-refractivity contribution in [3.05, 3.63) is 64.1 Å². The van der Waals surface area contributed by atoms with Crippen LogP contribution in [0.15, 0.2) is 48.5 Å². The Morgan fingerprint density at radius 1 is 1.23 bits per heavy atom. The summed E-state index contributed by atoms with van der Waals surface area (Å²) in [5, 5.41) is 22.9. The van der Waals surface area contributed by atoms with E-state index < -0.39 is 18.3 Å². The monoisotopic (exact) mass is 392 g/mol. The number of halogens is 1. The summed E-state index contributed by atoms with van der Waals surface area (Å²) in [6, 6.07) is 14.4. The van der Waals surface area contributed by atoms with Crippen LogP contribution in [0.1, 0.15) is 17.2 Å². The fourth-order valence-electron chi connectivity index (χ4n) is 2.39. The molecule has 0 saturated heterocycles. The molecule has 2 unspecified atom stereocenters. The number of alkyl carbamates (subject to hydrolysis) is 1. The molecular weight excluding hydrogens is 376 g/mol. The first-order chi connectivity index (χ1) is 12.5. The summed E-state index contributed by atoms with van der Waals surface area (Å²) >= 11 is 7.16.